The summed E-state index contributed by atoms with van der Waals surface area (Å²) >= 11 is 0. The van der Waals surface area contributed by atoms with E-state index in [1.165, 1.54) is 61.6 Å². The van der Waals surface area contributed by atoms with E-state index in [-0.39, 0.29) is 0 Å². The molecule has 1 saturated carbocycles. The number of hydrogen-bond donors (Lipinski definition) is 1. The van der Waals surface area contributed by atoms with Gasteiger partial charge >= 0.3 is 0 Å². The summed E-state index contributed by atoms with van der Waals surface area (Å²) < 4.78 is 0. The molecule has 0 aliphatic heterocycles. The minimum Gasteiger partial charge on any atom is -0.330 e. The average molecular weight is 273 g/mol. The van der Waals surface area contributed by atoms with Crippen LogP contribution >= 0.6 is 0 Å². The second-order valence-corrected chi connectivity index (χ2v) is 7.11. The van der Waals surface area contributed by atoms with Crippen LogP contribution in [0.2, 0.25) is 0 Å². The molecular weight excluding hydrogens is 242 g/mol. The molecule has 1 aromatic carbocycles. The molecule has 112 valence electrons. The third kappa shape index (κ3) is 3.85. The molecule has 0 atom stereocenters. The van der Waals surface area contributed by atoms with Crippen molar-refractivity contribution in [2.24, 2.45) is 17.1 Å². The number of nitrogens with two attached hydrogens (primary N) is 1. The van der Waals surface area contributed by atoms with Gasteiger partial charge in [-0.25, -0.2) is 0 Å². The molecule has 1 aromatic rings. The first kappa shape index (κ1) is 15.6. The van der Waals surface area contributed by atoms with Crippen LogP contribution in [0.25, 0.3) is 0 Å². The van der Waals surface area contributed by atoms with Crippen LogP contribution in [-0.4, -0.2) is 6.54 Å². The molecule has 1 nitrogen and oxygen atoms in total. The number of rotatable bonds is 5. The van der Waals surface area contributed by atoms with Crippen molar-refractivity contribution in [2.75, 3.05) is 6.54 Å². The topological polar surface area (TPSA) is 26.0 Å². The van der Waals surface area contributed by atoms with E-state index in [1.807, 2.05) is 0 Å². The van der Waals surface area contributed by atoms with Gasteiger partial charge < -0.3 is 5.73 Å². The first-order chi connectivity index (χ1) is 9.57. The van der Waals surface area contributed by atoms with Crippen molar-refractivity contribution < 1.29 is 0 Å². The SMILES string of the molecule is CCCC1CCC(CN)(Cc2cc(C)cc(C)c2)CC1. The van der Waals surface area contributed by atoms with Crippen LogP contribution in [-0.2, 0) is 6.42 Å². The summed E-state index contributed by atoms with van der Waals surface area (Å²) in [6.07, 6.45) is 9.32. The summed E-state index contributed by atoms with van der Waals surface area (Å²) in [5.41, 5.74) is 10.8. The zero-order valence-corrected chi connectivity index (χ0v) is 13.5. The van der Waals surface area contributed by atoms with Gasteiger partial charge in [0.05, 0.1) is 0 Å². The summed E-state index contributed by atoms with van der Waals surface area (Å²) in [5.74, 6) is 0.957. The molecule has 1 aliphatic rings. The lowest BCUT2D eigenvalue weighted by molar-refractivity contribution is 0.151. The Labute approximate surface area is 125 Å². The predicted molar refractivity (Wildman–Crippen MR) is 88.0 cm³/mol. The molecule has 2 N–H and O–H groups in total. The molecule has 0 saturated heterocycles. The Hall–Kier alpha value is -0.820. The molecule has 20 heavy (non-hydrogen) atoms. The number of hydrogen-bond acceptors (Lipinski definition) is 1. The fourth-order valence-electron chi connectivity index (χ4n) is 4.04. The Balaban J connectivity index is 2.05. The summed E-state index contributed by atoms with van der Waals surface area (Å²) in [4.78, 5) is 0. The molecule has 0 bridgehead atoms. The summed E-state index contributed by atoms with van der Waals surface area (Å²) in [6.45, 7) is 7.55. The molecule has 0 unspecified atom stereocenters. The van der Waals surface area contributed by atoms with Crippen molar-refractivity contribution in [3.8, 4) is 0 Å². The van der Waals surface area contributed by atoms with Gasteiger partial charge in [-0.3, -0.25) is 0 Å². The zero-order chi connectivity index (χ0) is 14.6. The first-order valence-electron chi connectivity index (χ1n) is 8.34. The third-order valence-corrected chi connectivity index (χ3v) is 5.16. The summed E-state index contributed by atoms with van der Waals surface area (Å²) in [7, 11) is 0. The Morgan fingerprint density at radius 1 is 1.10 bits per heavy atom. The van der Waals surface area contributed by atoms with Crippen molar-refractivity contribution in [3.05, 3.63) is 34.9 Å². The lowest BCUT2D eigenvalue weighted by Gasteiger charge is -2.40. The van der Waals surface area contributed by atoms with Crippen molar-refractivity contribution in [3.63, 3.8) is 0 Å². The standard InChI is InChI=1S/C19H31N/c1-4-5-17-6-8-19(14-20,9-7-17)13-18-11-15(2)10-16(3)12-18/h10-12,17H,4-9,13-14,20H2,1-3H3. The van der Waals surface area contributed by atoms with Gasteiger partial charge in [0.25, 0.3) is 0 Å². The van der Waals surface area contributed by atoms with Gasteiger partial charge in [0.15, 0.2) is 0 Å². The van der Waals surface area contributed by atoms with Crippen LogP contribution in [0.4, 0.5) is 0 Å². The predicted octanol–water partition coefficient (Wildman–Crippen LogP) is 4.78. The van der Waals surface area contributed by atoms with E-state index < -0.39 is 0 Å². The van der Waals surface area contributed by atoms with E-state index in [0.717, 1.165) is 12.5 Å². The molecular formula is C19H31N. The molecule has 0 spiro atoms. The van der Waals surface area contributed by atoms with Crippen LogP contribution in [0.1, 0.15) is 62.1 Å². The second-order valence-electron chi connectivity index (χ2n) is 7.11. The summed E-state index contributed by atoms with van der Waals surface area (Å²) in [6, 6.07) is 6.96. The van der Waals surface area contributed by atoms with Crippen LogP contribution in [0.5, 0.6) is 0 Å². The Bertz CT molecular complexity index is 407. The van der Waals surface area contributed by atoms with Crippen LogP contribution < -0.4 is 5.73 Å². The zero-order valence-electron chi connectivity index (χ0n) is 13.5. The van der Waals surface area contributed by atoms with Crippen LogP contribution in [0, 0.1) is 25.2 Å². The van der Waals surface area contributed by atoms with Crippen molar-refractivity contribution >= 4 is 0 Å². The Morgan fingerprint density at radius 3 is 2.20 bits per heavy atom. The lowest BCUT2D eigenvalue weighted by Crippen LogP contribution is -2.36. The fourth-order valence-corrected chi connectivity index (χ4v) is 4.04. The van der Waals surface area contributed by atoms with E-state index >= 15 is 0 Å². The van der Waals surface area contributed by atoms with Gasteiger partial charge in [-0.05, 0) is 69.4 Å². The molecule has 2 rings (SSSR count). The summed E-state index contributed by atoms with van der Waals surface area (Å²) in [5, 5.41) is 0. The van der Waals surface area contributed by atoms with E-state index in [0.29, 0.717) is 5.41 Å². The number of benzene rings is 1. The highest BCUT2D eigenvalue weighted by Gasteiger charge is 2.33. The largest absolute Gasteiger partial charge is 0.330 e. The Morgan fingerprint density at radius 2 is 1.70 bits per heavy atom. The third-order valence-electron chi connectivity index (χ3n) is 5.16. The maximum absolute atomic E-state index is 6.18. The quantitative estimate of drug-likeness (QED) is 0.820. The van der Waals surface area contributed by atoms with Gasteiger partial charge in [0, 0.05) is 0 Å². The normalized spacial score (nSPS) is 26.7. The molecule has 0 heterocycles. The van der Waals surface area contributed by atoms with Crippen molar-refractivity contribution in [1.29, 1.82) is 0 Å². The second kappa shape index (κ2) is 6.76. The maximum atomic E-state index is 6.18. The molecule has 0 amide bonds. The van der Waals surface area contributed by atoms with E-state index in [1.54, 1.807) is 0 Å². The fraction of sp³-hybridized carbons (Fsp3) is 0.684. The van der Waals surface area contributed by atoms with Gasteiger partial charge in [-0.15, -0.1) is 0 Å². The molecule has 0 aromatic heterocycles. The van der Waals surface area contributed by atoms with Gasteiger partial charge in [-0.2, -0.15) is 0 Å². The highest BCUT2D eigenvalue weighted by atomic mass is 14.6. The van der Waals surface area contributed by atoms with Gasteiger partial charge in [0.2, 0.25) is 0 Å². The van der Waals surface area contributed by atoms with Gasteiger partial charge in [0.1, 0.15) is 0 Å². The smallest absolute Gasteiger partial charge is 0.00173 e. The molecule has 0 radical (unpaired) electrons. The lowest BCUT2D eigenvalue weighted by atomic mass is 9.66. The van der Waals surface area contributed by atoms with E-state index in [4.69, 9.17) is 5.73 Å². The Kier molecular flexibility index (Phi) is 5.26. The van der Waals surface area contributed by atoms with Crippen LogP contribution in [0.3, 0.4) is 0 Å². The van der Waals surface area contributed by atoms with Crippen molar-refractivity contribution in [1.82, 2.24) is 0 Å². The minimum absolute atomic E-state index is 0.366. The molecule has 1 aliphatic carbocycles. The minimum atomic E-state index is 0.366. The first-order valence-corrected chi connectivity index (χ1v) is 8.34. The van der Waals surface area contributed by atoms with E-state index in [2.05, 4.69) is 39.0 Å². The highest BCUT2D eigenvalue weighted by molar-refractivity contribution is 5.29. The van der Waals surface area contributed by atoms with E-state index in [9.17, 15) is 0 Å². The highest BCUT2D eigenvalue weighted by Crippen LogP contribution is 2.42. The molecule has 1 heteroatoms. The van der Waals surface area contributed by atoms with Crippen LogP contribution in [0.15, 0.2) is 18.2 Å². The average Bonchev–Trinajstić information content (AvgIpc) is 2.40. The van der Waals surface area contributed by atoms with Crippen molar-refractivity contribution in [2.45, 2.75) is 65.7 Å². The number of aryl methyl sites for hydroxylation is 2. The van der Waals surface area contributed by atoms with Gasteiger partial charge in [-0.1, -0.05) is 49.1 Å². The molecule has 1 fully saturated rings. The monoisotopic (exact) mass is 273 g/mol. The maximum Gasteiger partial charge on any atom is -0.00173 e.